The molecule has 3 aromatic rings. The molecule has 0 atom stereocenters. The Morgan fingerprint density at radius 2 is 1.64 bits per heavy atom. The van der Waals surface area contributed by atoms with Crippen LogP contribution in [0, 0.1) is 0 Å². The van der Waals surface area contributed by atoms with Gasteiger partial charge in [0.15, 0.2) is 5.69 Å². The van der Waals surface area contributed by atoms with Gasteiger partial charge in [-0.2, -0.15) is 5.10 Å². The second-order valence-corrected chi connectivity index (χ2v) is 6.87. The molecule has 2 amide bonds. The summed E-state index contributed by atoms with van der Waals surface area (Å²) in [6.45, 7) is 2.28. The number of nitrogens with zero attached hydrogens (tertiary/aromatic N) is 3. The number of carbonyl (C=O) groups excluding carboxylic acids is 2. The van der Waals surface area contributed by atoms with E-state index in [1.54, 1.807) is 10.7 Å². The van der Waals surface area contributed by atoms with Crippen molar-refractivity contribution in [2.24, 2.45) is 0 Å². The van der Waals surface area contributed by atoms with Crippen LogP contribution in [-0.2, 0) is 19.6 Å². The average molecular weight is 374 g/mol. The molecule has 2 heterocycles. The zero-order chi connectivity index (χ0) is 19.3. The van der Waals surface area contributed by atoms with Crippen molar-refractivity contribution in [2.45, 2.75) is 26.1 Å². The minimum Gasteiger partial charge on any atom is -0.347 e. The second kappa shape index (κ2) is 8.08. The maximum Gasteiger partial charge on any atom is 0.272 e. The molecule has 1 aliphatic heterocycles. The quantitative estimate of drug-likeness (QED) is 0.747. The van der Waals surface area contributed by atoms with Gasteiger partial charge in [-0.15, -0.1) is 0 Å². The van der Waals surface area contributed by atoms with Crippen LogP contribution < -0.4 is 5.32 Å². The molecular formula is C22H22N4O2. The highest BCUT2D eigenvalue weighted by molar-refractivity contribution is 5.98. The fourth-order valence-electron chi connectivity index (χ4n) is 3.37. The van der Waals surface area contributed by atoms with Crippen LogP contribution in [0.4, 0.5) is 0 Å². The molecule has 4 rings (SSSR count). The first-order chi connectivity index (χ1) is 13.7. The predicted octanol–water partition coefficient (Wildman–Crippen LogP) is 2.86. The van der Waals surface area contributed by atoms with Crippen LogP contribution in [0.5, 0.6) is 0 Å². The predicted molar refractivity (Wildman–Crippen MR) is 106 cm³/mol. The highest BCUT2D eigenvalue weighted by atomic mass is 16.2. The lowest BCUT2D eigenvalue weighted by atomic mass is 10.2. The van der Waals surface area contributed by atoms with E-state index in [1.807, 2.05) is 65.6 Å². The maximum absolute atomic E-state index is 13.0. The molecular weight excluding hydrogens is 352 g/mol. The van der Waals surface area contributed by atoms with Gasteiger partial charge in [-0.3, -0.25) is 14.3 Å². The summed E-state index contributed by atoms with van der Waals surface area (Å²) >= 11 is 0. The van der Waals surface area contributed by atoms with E-state index in [2.05, 4.69) is 10.4 Å². The average Bonchev–Trinajstić information content (AvgIpc) is 3.11. The Hall–Kier alpha value is -3.41. The number of aryl methyl sites for hydroxylation is 1. The lowest BCUT2D eigenvalue weighted by molar-refractivity contribution is 0.0745. The second-order valence-electron chi connectivity index (χ2n) is 6.87. The monoisotopic (exact) mass is 374 g/mol. The third-order valence-electron chi connectivity index (χ3n) is 4.83. The van der Waals surface area contributed by atoms with E-state index in [9.17, 15) is 9.59 Å². The van der Waals surface area contributed by atoms with Crippen molar-refractivity contribution in [1.29, 1.82) is 0 Å². The van der Waals surface area contributed by atoms with Crippen molar-refractivity contribution in [3.8, 4) is 0 Å². The number of rotatable bonds is 5. The topological polar surface area (TPSA) is 67.2 Å². The fraction of sp³-hybridized carbons (Fsp3) is 0.227. The molecule has 28 heavy (non-hydrogen) atoms. The van der Waals surface area contributed by atoms with Crippen LogP contribution in [0.3, 0.4) is 0 Å². The van der Waals surface area contributed by atoms with E-state index >= 15 is 0 Å². The van der Waals surface area contributed by atoms with Gasteiger partial charge in [-0.05, 0) is 17.5 Å². The van der Waals surface area contributed by atoms with Crippen molar-refractivity contribution in [3.05, 3.63) is 89.2 Å². The van der Waals surface area contributed by atoms with Gasteiger partial charge in [0.1, 0.15) is 5.69 Å². The van der Waals surface area contributed by atoms with E-state index in [1.165, 1.54) is 0 Å². The van der Waals surface area contributed by atoms with Crippen molar-refractivity contribution < 1.29 is 9.59 Å². The number of hydrogen-bond donors (Lipinski definition) is 1. The highest BCUT2D eigenvalue weighted by Crippen LogP contribution is 2.16. The van der Waals surface area contributed by atoms with Crippen molar-refractivity contribution in [3.63, 3.8) is 0 Å². The molecule has 142 valence electrons. The normalized spacial score (nSPS) is 13.7. The molecule has 6 heteroatoms. The summed E-state index contributed by atoms with van der Waals surface area (Å²) in [6.07, 6.45) is 0.804. The molecule has 0 aliphatic carbocycles. The van der Waals surface area contributed by atoms with Gasteiger partial charge in [-0.1, -0.05) is 60.7 Å². The summed E-state index contributed by atoms with van der Waals surface area (Å²) in [5.41, 5.74) is 2.85. The summed E-state index contributed by atoms with van der Waals surface area (Å²) < 4.78 is 1.66. The fourth-order valence-corrected chi connectivity index (χ4v) is 3.37. The number of aromatic nitrogens is 2. The van der Waals surface area contributed by atoms with E-state index < -0.39 is 0 Å². The molecule has 0 saturated heterocycles. The Labute approximate surface area is 163 Å². The zero-order valence-corrected chi connectivity index (χ0v) is 15.5. The highest BCUT2D eigenvalue weighted by Gasteiger charge is 2.26. The van der Waals surface area contributed by atoms with Crippen LogP contribution >= 0.6 is 0 Å². The van der Waals surface area contributed by atoms with E-state index in [-0.39, 0.29) is 17.5 Å². The largest absolute Gasteiger partial charge is 0.347 e. The Bertz CT molecular complexity index is 967. The van der Waals surface area contributed by atoms with Crippen LogP contribution in [-0.4, -0.2) is 33.0 Å². The smallest absolute Gasteiger partial charge is 0.272 e. The number of fused-ring (bicyclic) bond motifs is 1. The summed E-state index contributed by atoms with van der Waals surface area (Å²) in [7, 11) is 0. The van der Waals surface area contributed by atoms with Crippen molar-refractivity contribution in [1.82, 2.24) is 20.0 Å². The first kappa shape index (κ1) is 18.0. The van der Waals surface area contributed by atoms with Gasteiger partial charge in [0, 0.05) is 32.2 Å². The minimum atomic E-state index is -0.271. The number of hydrogen-bond acceptors (Lipinski definition) is 3. The van der Waals surface area contributed by atoms with Gasteiger partial charge in [0.25, 0.3) is 11.8 Å². The molecule has 0 bridgehead atoms. The van der Waals surface area contributed by atoms with E-state index in [0.29, 0.717) is 31.9 Å². The Kier molecular flexibility index (Phi) is 5.19. The number of amides is 2. The molecule has 2 aromatic carbocycles. The summed E-state index contributed by atoms with van der Waals surface area (Å²) in [5, 5.41) is 7.24. The molecule has 0 fully saturated rings. The molecule has 0 spiro atoms. The summed E-state index contributed by atoms with van der Waals surface area (Å²) in [5.74, 6) is -0.359. The van der Waals surface area contributed by atoms with Gasteiger partial charge in [0.2, 0.25) is 0 Å². The van der Waals surface area contributed by atoms with Gasteiger partial charge in [-0.25, -0.2) is 0 Å². The Morgan fingerprint density at radius 1 is 0.964 bits per heavy atom. The first-order valence-electron chi connectivity index (χ1n) is 9.44. The SMILES string of the molecule is O=C(NCc1ccccc1)c1cc2n(n1)CCCN(Cc1ccccc1)C2=O. The van der Waals surface area contributed by atoms with Crippen molar-refractivity contribution in [2.75, 3.05) is 6.54 Å². The van der Waals surface area contributed by atoms with Crippen LogP contribution in [0.25, 0.3) is 0 Å². The lowest BCUT2D eigenvalue weighted by Gasteiger charge is -2.20. The molecule has 1 aliphatic rings. The van der Waals surface area contributed by atoms with E-state index in [0.717, 1.165) is 17.5 Å². The third-order valence-corrected chi connectivity index (χ3v) is 4.83. The molecule has 0 radical (unpaired) electrons. The Morgan fingerprint density at radius 3 is 2.36 bits per heavy atom. The third kappa shape index (κ3) is 3.96. The molecule has 1 aromatic heterocycles. The Balaban J connectivity index is 1.47. The maximum atomic E-state index is 13.0. The van der Waals surface area contributed by atoms with Crippen LogP contribution in [0.1, 0.15) is 38.5 Å². The number of carbonyl (C=O) groups is 2. The molecule has 0 saturated carbocycles. The van der Waals surface area contributed by atoms with E-state index in [4.69, 9.17) is 0 Å². The first-order valence-corrected chi connectivity index (χ1v) is 9.44. The molecule has 6 nitrogen and oxygen atoms in total. The summed E-state index contributed by atoms with van der Waals surface area (Å²) in [4.78, 5) is 27.3. The number of benzene rings is 2. The van der Waals surface area contributed by atoms with Crippen molar-refractivity contribution >= 4 is 11.8 Å². The summed E-state index contributed by atoms with van der Waals surface area (Å²) in [6, 6.07) is 21.2. The number of nitrogens with one attached hydrogen (secondary N) is 1. The van der Waals surface area contributed by atoms with Crippen LogP contribution in [0.2, 0.25) is 0 Å². The minimum absolute atomic E-state index is 0.0871. The standard InChI is InChI=1S/C22H22N4O2/c27-21(23-15-17-8-3-1-4-9-17)19-14-20-22(28)25(12-7-13-26(20)24-19)16-18-10-5-2-6-11-18/h1-6,8-11,14H,7,12-13,15-16H2,(H,23,27). The van der Waals surface area contributed by atoms with Crippen LogP contribution in [0.15, 0.2) is 66.7 Å². The van der Waals surface area contributed by atoms with Gasteiger partial charge >= 0.3 is 0 Å². The van der Waals surface area contributed by atoms with Gasteiger partial charge in [0.05, 0.1) is 0 Å². The van der Waals surface area contributed by atoms with Gasteiger partial charge < -0.3 is 10.2 Å². The molecule has 1 N–H and O–H groups in total. The lowest BCUT2D eigenvalue weighted by Crippen LogP contribution is -2.30. The zero-order valence-electron chi connectivity index (χ0n) is 15.5. The molecule has 0 unspecified atom stereocenters.